The van der Waals surface area contributed by atoms with E-state index in [1.807, 2.05) is 19.1 Å². The van der Waals surface area contributed by atoms with Crippen LogP contribution in [0.15, 0.2) is 53.2 Å². The molecule has 2 atom stereocenters. The van der Waals surface area contributed by atoms with Gasteiger partial charge in [-0.25, -0.2) is 9.79 Å². The molecule has 1 aromatic rings. The van der Waals surface area contributed by atoms with Gasteiger partial charge in [0.15, 0.2) is 5.17 Å². The number of esters is 1. The van der Waals surface area contributed by atoms with E-state index in [0.717, 1.165) is 5.56 Å². The van der Waals surface area contributed by atoms with Crippen LogP contribution in [0, 0.1) is 0 Å². The zero-order chi connectivity index (χ0) is 21.3. The SMILES string of the molecule is C=CCOC(=O)C1=C(C)N=C2S[C@@H](CC)C(=O)N2[C@@H]1c1ccc(C(C)(C)C)cc1. The highest BCUT2D eigenvalue weighted by Crippen LogP contribution is 2.44. The molecule has 1 fully saturated rings. The first kappa shape index (κ1) is 21.4. The molecule has 0 saturated carbocycles. The van der Waals surface area contributed by atoms with Gasteiger partial charge in [0.1, 0.15) is 6.61 Å². The smallest absolute Gasteiger partial charge is 0.338 e. The summed E-state index contributed by atoms with van der Waals surface area (Å²) in [5.41, 5.74) is 3.08. The number of benzene rings is 1. The Morgan fingerprint density at radius 3 is 2.52 bits per heavy atom. The van der Waals surface area contributed by atoms with Gasteiger partial charge in [-0.05, 0) is 29.9 Å². The predicted octanol–water partition coefficient (Wildman–Crippen LogP) is 4.75. The quantitative estimate of drug-likeness (QED) is 0.517. The van der Waals surface area contributed by atoms with Crippen LogP contribution in [-0.2, 0) is 19.7 Å². The third kappa shape index (κ3) is 4.04. The van der Waals surface area contributed by atoms with Crippen molar-refractivity contribution in [2.45, 2.75) is 57.7 Å². The zero-order valence-corrected chi connectivity index (χ0v) is 18.5. The highest BCUT2D eigenvalue weighted by atomic mass is 32.2. The van der Waals surface area contributed by atoms with Crippen molar-refractivity contribution in [1.82, 2.24) is 4.90 Å². The molecule has 2 heterocycles. The average molecular weight is 413 g/mol. The van der Waals surface area contributed by atoms with E-state index in [0.29, 0.717) is 22.9 Å². The predicted molar refractivity (Wildman–Crippen MR) is 118 cm³/mol. The van der Waals surface area contributed by atoms with Gasteiger partial charge in [-0.3, -0.25) is 9.69 Å². The summed E-state index contributed by atoms with van der Waals surface area (Å²) < 4.78 is 5.34. The molecule has 3 rings (SSSR count). The van der Waals surface area contributed by atoms with Gasteiger partial charge < -0.3 is 4.74 Å². The molecule has 154 valence electrons. The normalized spacial score (nSPS) is 21.8. The van der Waals surface area contributed by atoms with Crippen LogP contribution in [0.3, 0.4) is 0 Å². The largest absolute Gasteiger partial charge is 0.458 e. The van der Waals surface area contributed by atoms with Gasteiger partial charge in [-0.1, -0.05) is 76.4 Å². The van der Waals surface area contributed by atoms with Gasteiger partial charge in [-0.2, -0.15) is 0 Å². The van der Waals surface area contributed by atoms with E-state index in [-0.39, 0.29) is 23.2 Å². The number of amidine groups is 1. The maximum Gasteiger partial charge on any atom is 0.338 e. The Labute approximate surface area is 176 Å². The van der Waals surface area contributed by atoms with Crippen molar-refractivity contribution in [1.29, 1.82) is 0 Å². The Hall–Kier alpha value is -2.34. The van der Waals surface area contributed by atoms with Crippen molar-refractivity contribution in [3.63, 3.8) is 0 Å². The molecular weight excluding hydrogens is 384 g/mol. The molecule has 0 bridgehead atoms. The molecular formula is C23H28N2O3S. The van der Waals surface area contributed by atoms with Crippen LogP contribution in [0.25, 0.3) is 0 Å². The first-order valence-electron chi connectivity index (χ1n) is 9.86. The highest BCUT2D eigenvalue weighted by molar-refractivity contribution is 8.15. The van der Waals surface area contributed by atoms with Crippen LogP contribution >= 0.6 is 11.8 Å². The number of rotatable bonds is 5. The number of nitrogens with zero attached hydrogens (tertiary/aromatic N) is 2. The number of fused-ring (bicyclic) bond motifs is 1. The van der Waals surface area contributed by atoms with Crippen LogP contribution in [0.5, 0.6) is 0 Å². The van der Waals surface area contributed by atoms with E-state index < -0.39 is 12.0 Å². The fourth-order valence-corrected chi connectivity index (χ4v) is 4.68. The second-order valence-electron chi connectivity index (χ2n) is 8.28. The summed E-state index contributed by atoms with van der Waals surface area (Å²) >= 11 is 1.47. The molecule has 0 unspecified atom stereocenters. The van der Waals surface area contributed by atoms with E-state index in [1.165, 1.54) is 23.4 Å². The Morgan fingerprint density at radius 1 is 1.31 bits per heavy atom. The Balaban J connectivity index is 2.09. The summed E-state index contributed by atoms with van der Waals surface area (Å²) in [5, 5.41) is 0.478. The number of ether oxygens (including phenoxy) is 1. The molecule has 0 N–H and O–H groups in total. The van der Waals surface area contributed by atoms with Crippen LogP contribution in [0.4, 0.5) is 0 Å². The molecule has 0 aromatic heterocycles. The number of thioether (sulfide) groups is 1. The molecule has 5 nitrogen and oxygen atoms in total. The minimum absolute atomic E-state index is 0.0114. The highest BCUT2D eigenvalue weighted by Gasteiger charge is 2.47. The molecule has 1 amide bonds. The molecule has 6 heteroatoms. The molecule has 0 spiro atoms. The van der Waals surface area contributed by atoms with Crippen LogP contribution in [0.2, 0.25) is 0 Å². The Kier molecular flexibility index (Phi) is 6.03. The van der Waals surface area contributed by atoms with Crippen molar-refractivity contribution in [3.05, 3.63) is 59.3 Å². The minimum Gasteiger partial charge on any atom is -0.458 e. The lowest BCUT2D eigenvalue weighted by atomic mass is 9.85. The fourth-order valence-electron chi connectivity index (χ4n) is 3.54. The lowest BCUT2D eigenvalue weighted by molar-refractivity contribution is -0.139. The summed E-state index contributed by atoms with van der Waals surface area (Å²) in [5.74, 6) is -0.476. The Bertz CT molecular complexity index is 894. The van der Waals surface area contributed by atoms with Crippen LogP contribution in [-0.4, -0.2) is 33.8 Å². The third-order valence-corrected chi connectivity index (χ3v) is 6.49. The first-order chi connectivity index (χ1) is 13.7. The standard InChI is InChI=1S/C23H28N2O3S/c1-7-13-28-21(27)18-14(3)24-22-25(20(26)17(8-2)29-22)19(18)15-9-11-16(12-10-15)23(4,5)6/h7,9-12,17,19H,1,8,13H2,2-6H3/t17-,19+/m0/s1. The number of hydrogen-bond donors (Lipinski definition) is 0. The monoisotopic (exact) mass is 412 g/mol. The third-order valence-electron chi connectivity index (χ3n) is 5.17. The summed E-state index contributed by atoms with van der Waals surface area (Å²) in [7, 11) is 0. The lowest BCUT2D eigenvalue weighted by Crippen LogP contribution is -2.40. The second kappa shape index (κ2) is 8.19. The molecule has 29 heavy (non-hydrogen) atoms. The van der Waals surface area contributed by atoms with Gasteiger partial charge in [0.05, 0.1) is 22.6 Å². The number of carbonyl (C=O) groups excluding carboxylic acids is 2. The van der Waals surface area contributed by atoms with Gasteiger partial charge in [0.25, 0.3) is 0 Å². The van der Waals surface area contributed by atoms with Crippen molar-refractivity contribution < 1.29 is 14.3 Å². The molecule has 0 aliphatic carbocycles. The summed E-state index contributed by atoms with van der Waals surface area (Å²) in [6.45, 7) is 14.0. The van der Waals surface area contributed by atoms with Gasteiger partial charge in [-0.15, -0.1) is 0 Å². The van der Waals surface area contributed by atoms with E-state index >= 15 is 0 Å². The van der Waals surface area contributed by atoms with Crippen molar-refractivity contribution >= 4 is 28.8 Å². The maximum atomic E-state index is 13.1. The van der Waals surface area contributed by atoms with Gasteiger partial charge in [0.2, 0.25) is 5.91 Å². The number of aliphatic imine (C=N–C) groups is 1. The molecule has 2 aliphatic heterocycles. The molecule has 0 radical (unpaired) electrons. The maximum absolute atomic E-state index is 13.1. The zero-order valence-electron chi connectivity index (χ0n) is 17.7. The molecule has 1 aromatic carbocycles. The second-order valence-corrected chi connectivity index (χ2v) is 9.45. The first-order valence-corrected chi connectivity index (χ1v) is 10.7. The molecule has 2 aliphatic rings. The van der Waals surface area contributed by atoms with Crippen LogP contribution in [0.1, 0.15) is 58.2 Å². The van der Waals surface area contributed by atoms with Gasteiger partial charge >= 0.3 is 5.97 Å². The van der Waals surface area contributed by atoms with E-state index in [9.17, 15) is 9.59 Å². The number of amides is 1. The van der Waals surface area contributed by atoms with E-state index in [1.54, 1.807) is 11.8 Å². The van der Waals surface area contributed by atoms with E-state index in [2.05, 4.69) is 44.5 Å². The minimum atomic E-state index is -0.537. The summed E-state index contributed by atoms with van der Waals surface area (Å²) in [6.07, 6.45) is 2.24. The van der Waals surface area contributed by atoms with Gasteiger partial charge in [0, 0.05) is 0 Å². The summed E-state index contributed by atoms with van der Waals surface area (Å²) in [6, 6.07) is 7.59. The topological polar surface area (TPSA) is 59.0 Å². The van der Waals surface area contributed by atoms with Crippen molar-refractivity contribution in [2.24, 2.45) is 4.99 Å². The number of carbonyl (C=O) groups is 2. The van der Waals surface area contributed by atoms with Crippen molar-refractivity contribution in [3.8, 4) is 0 Å². The average Bonchev–Trinajstić information content (AvgIpc) is 2.99. The lowest BCUT2D eigenvalue weighted by Gasteiger charge is -2.33. The fraction of sp³-hybridized carbons (Fsp3) is 0.435. The van der Waals surface area contributed by atoms with E-state index in [4.69, 9.17) is 4.74 Å². The summed E-state index contributed by atoms with van der Waals surface area (Å²) in [4.78, 5) is 32.2. The van der Waals surface area contributed by atoms with Crippen LogP contribution < -0.4 is 0 Å². The molecule has 1 saturated heterocycles. The number of hydrogen-bond acceptors (Lipinski definition) is 5. The number of allylic oxidation sites excluding steroid dienone is 1. The van der Waals surface area contributed by atoms with Crippen molar-refractivity contribution in [2.75, 3.05) is 6.61 Å². The Morgan fingerprint density at radius 2 is 1.97 bits per heavy atom.